The summed E-state index contributed by atoms with van der Waals surface area (Å²) >= 11 is 0. The number of amides is 2. The van der Waals surface area contributed by atoms with Crippen molar-refractivity contribution in [1.82, 2.24) is 15.2 Å². The minimum atomic E-state index is -0.898. The van der Waals surface area contributed by atoms with E-state index in [1.165, 1.54) is 4.90 Å². The predicted molar refractivity (Wildman–Crippen MR) is 75.4 cm³/mol. The zero-order valence-electron chi connectivity index (χ0n) is 11.9. The molecule has 1 heterocycles. The molecule has 1 aromatic rings. The van der Waals surface area contributed by atoms with E-state index in [0.717, 1.165) is 5.69 Å². The van der Waals surface area contributed by atoms with Crippen LogP contribution < -0.4 is 5.32 Å². The smallest absolute Gasteiger partial charge is 0.317 e. The van der Waals surface area contributed by atoms with Gasteiger partial charge in [-0.1, -0.05) is 13.0 Å². The Balaban J connectivity index is 2.38. The molecule has 2 N–H and O–H groups in total. The van der Waals surface area contributed by atoms with Gasteiger partial charge in [-0.25, -0.2) is 4.79 Å². The van der Waals surface area contributed by atoms with Gasteiger partial charge in [-0.2, -0.15) is 0 Å². The van der Waals surface area contributed by atoms with E-state index in [2.05, 4.69) is 10.3 Å². The Morgan fingerprint density at radius 3 is 2.75 bits per heavy atom. The summed E-state index contributed by atoms with van der Waals surface area (Å²) in [5, 5.41) is 11.6. The molecule has 0 bridgehead atoms. The first kappa shape index (κ1) is 15.9. The highest BCUT2D eigenvalue weighted by atomic mass is 16.4. The number of aromatic nitrogens is 1. The van der Waals surface area contributed by atoms with Crippen molar-refractivity contribution < 1.29 is 14.7 Å². The zero-order valence-corrected chi connectivity index (χ0v) is 11.9. The molecule has 0 saturated heterocycles. The average Bonchev–Trinajstić information content (AvgIpc) is 2.45. The highest BCUT2D eigenvalue weighted by molar-refractivity contribution is 5.75. The molecule has 2 amide bonds. The van der Waals surface area contributed by atoms with Gasteiger partial charge in [-0.15, -0.1) is 0 Å². The van der Waals surface area contributed by atoms with E-state index < -0.39 is 11.9 Å². The molecule has 110 valence electrons. The van der Waals surface area contributed by atoms with Crippen LogP contribution in [-0.4, -0.2) is 46.6 Å². The first-order valence-corrected chi connectivity index (χ1v) is 6.70. The van der Waals surface area contributed by atoms with Gasteiger partial charge in [0.1, 0.15) is 0 Å². The molecular weight excluding hydrogens is 258 g/mol. The summed E-state index contributed by atoms with van der Waals surface area (Å²) in [5.41, 5.74) is 0.912. The van der Waals surface area contributed by atoms with Crippen LogP contribution in [0.4, 0.5) is 4.79 Å². The van der Waals surface area contributed by atoms with Gasteiger partial charge in [-0.05, 0) is 19.1 Å². The summed E-state index contributed by atoms with van der Waals surface area (Å²) in [7, 11) is 0. The molecule has 0 saturated carbocycles. The molecule has 1 atom stereocenters. The SMILES string of the molecule is CCN(CC(C)C(=O)O)C(=O)NCCc1ccccn1. The average molecular weight is 279 g/mol. The lowest BCUT2D eigenvalue weighted by Gasteiger charge is -2.23. The summed E-state index contributed by atoms with van der Waals surface area (Å²) in [6, 6.07) is 5.40. The van der Waals surface area contributed by atoms with Gasteiger partial charge >= 0.3 is 12.0 Å². The van der Waals surface area contributed by atoms with Crippen LogP contribution in [-0.2, 0) is 11.2 Å². The molecule has 1 aromatic heterocycles. The van der Waals surface area contributed by atoms with Crippen molar-refractivity contribution in [3.63, 3.8) is 0 Å². The van der Waals surface area contributed by atoms with Gasteiger partial charge in [0, 0.05) is 37.9 Å². The number of nitrogens with zero attached hydrogens (tertiary/aromatic N) is 2. The van der Waals surface area contributed by atoms with Crippen LogP contribution >= 0.6 is 0 Å². The fourth-order valence-electron chi connectivity index (χ4n) is 1.72. The van der Waals surface area contributed by atoms with E-state index in [1.54, 1.807) is 13.1 Å². The molecule has 1 unspecified atom stereocenters. The van der Waals surface area contributed by atoms with Crippen molar-refractivity contribution in [2.24, 2.45) is 5.92 Å². The highest BCUT2D eigenvalue weighted by Gasteiger charge is 2.18. The van der Waals surface area contributed by atoms with Gasteiger partial charge in [0.15, 0.2) is 0 Å². The van der Waals surface area contributed by atoms with Gasteiger partial charge in [0.25, 0.3) is 0 Å². The van der Waals surface area contributed by atoms with Crippen LogP contribution in [0, 0.1) is 5.92 Å². The molecule has 0 aromatic carbocycles. The summed E-state index contributed by atoms with van der Waals surface area (Å²) < 4.78 is 0. The van der Waals surface area contributed by atoms with Crippen LogP contribution in [0.3, 0.4) is 0 Å². The van der Waals surface area contributed by atoms with Gasteiger partial charge in [0.05, 0.1) is 5.92 Å². The number of carboxylic acid groups (broad SMARTS) is 1. The Kier molecular flexibility index (Phi) is 6.49. The number of rotatable bonds is 7. The standard InChI is InChI=1S/C14H21N3O3/c1-3-17(10-11(2)13(18)19)14(20)16-9-7-12-6-4-5-8-15-12/h4-6,8,11H,3,7,9-10H2,1-2H3,(H,16,20)(H,18,19). The van der Waals surface area contributed by atoms with Crippen molar-refractivity contribution in [1.29, 1.82) is 0 Å². The third kappa shape index (κ3) is 5.26. The van der Waals surface area contributed by atoms with E-state index >= 15 is 0 Å². The molecule has 0 spiro atoms. The number of carbonyl (C=O) groups excluding carboxylic acids is 1. The van der Waals surface area contributed by atoms with Gasteiger partial charge < -0.3 is 15.3 Å². The maximum absolute atomic E-state index is 11.9. The summed E-state index contributed by atoms with van der Waals surface area (Å²) in [6.07, 6.45) is 2.36. The lowest BCUT2D eigenvalue weighted by Crippen LogP contribution is -2.43. The van der Waals surface area contributed by atoms with E-state index in [4.69, 9.17) is 5.11 Å². The second-order valence-electron chi connectivity index (χ2n) is 4.58. The third-order valence-electron chi connectivity index (χ3n) is 2.97. The number of pyridine rings is 1. The molecule has 6 heteroatoms. The molecule has 0 fully saturated rings. The molecule has 1 rings (SSSR count). The molecule has 0 aliphatic heterocycles. The second kappa shape index (κ2) is 8.14. The lowest BCUT2D eigenvalue weighted by molar-refractivity contribution is -0.141. The number of aliphatic carboxylic acids is 1. The number of urea groups is 1. The van der Waals surface area contributed by atoms with E-state index in [0.29, 0.717) is 19.5 Å². The summed E-state index contributed by atoms with van der Waals surface area (Å²) in [5.74, 6) is -1.47. The van der Waals surface area contributed by atoms with E-state index in [-0.39, 0.29) is 12.6 Å². The quantitative estimate of drug-likeness (QED) is 0.790. The molecular formula is C14H21N3O3. The minimum absolute atomic E-state index is 0.210. The molecule has 0 aliphatic rings. The summed E-state index contributed by atoms with van der Waals surface area (Å²) in [4.78, 5) is 28.4. The fourth-order valence-corrected chi connectivity index (χ4v) is 1.72. The molecule has 20 heavy (non-hydrogen) atoms. The first-order valence-electron chi connectivity index (χ1n) is 6.70. The normalized spacial score (nSPS) is 11.7. The Bertz CT molecular complexity index is 437. The van der Waals surface area contributed by atoms with E-state index in [1.807, 2.05) is 25.1 Å². The Morgan fingerprint density at radius 1 is 1.45 bits per heavy atom. The maximum atomic E-state index is 11.9. The summed E-state index contributed by atoms with van der Waals surface area (Å²) in [6.45, 7) is 4.58. The topological polar surface area (TPSA) is 82.5 Å². The van der Waals surface area contributed by atoms with Crippen LogP contribution in [0.1, 0.15) is 19.5 Å². The Labute approximate surface area is 118 Å². The predicted octanol–water partition coefficient (Wildman–Crippen LogP) is 1.38. The van der Waals surface area contributed by atoms with Crippen molar-refractivity contribution in [2.75, 3.05) is 19.6 Å². The van der Waals surface area contributed by atoms with Crippen molar-refractivity contribution >= 4 is 12.0 Å². The molecule has 6 nitrogen and oxygen atoms in total. The lowest BCUT2D eigenvalue weighted by atomic mass is 10.2. The van der Waals surface area contributed by atoms with Crippen LogP contribution in [0.2, 0.25) is 0 Å². The maximum Gasteiger partial charge on any atom is 0.317 e. The Morgan fingerprint density at radius 2 is 2.20 bits per heavy atom. The monoisotopic (exact) mass is 279 g/mol. The van der Waals surface area contributed by atoms with Crippen molar-refractivity contribution in [3.8, 4) is 0 Å². The van der Waals surface area contributed by atoms with Crippen LogP contribution in [0.15, 0.2) is 24.4 Å². The largest absolute Gasteiger partial charge is 0.481 e. The number of hydrogen-bond donors (Lipinski definition) is 2. The Hall–Kier alpha value is -2.11. The van der Waals surface area contributed by atoms with Crippen LogP contribution in [0.5, 0.6) is 0 Å². The highest BCUT2D eigenvalue weighted by Crippen LogP contribution is 2.01. The van der Waals surface area contributed by atoms with E-state index in [9.17, 15) is 9.59 Å². The van der Waals surface area contributed by atoms with Gasteiger partial charge in [0.2, 0.25) is 0 Å². The zero-order chi connectivity index (χ0) is 15.0. The van der Waals surface area contributed by atoms with Crippen molar-refractivity contribution in [2.45, 2.75) is 20.3 Å². The first-order chi connectivity index (χ1) is 9.54. The second-order valence-corrected chi connectivity index (χ2v) is 4.58. The number of carbonyl (C=O) groups is 2. The molecule has 0 radical (unpaired) electrons. The number of nitrogens with one attached hydrogen (secondary N) is 1. The minimum Gasteiger partial charge on any atom is -0.481 e. The fraction of sp³-hybridized carbons (Fsp3) is 0.500. The third-order valence-corrected chi connectivity index (χ3v) is 2.97. The number of hydrogen-bond acceptors (Lipinski definition) is 3. The van der Waals surface area contributed by atoms with Gasteiger partial charge in [-0.3, -0.25) is 9.78 Å². The molecule has 0 aliphatic carbocycles. The number of carboxylic acids is 1. The van der Waals surface area contributed by atoms with Crippen molar-refractivity contribution in [3.05, 3.63) is 30.1 Å². The van der Waals surface area contributed by atoms with Crippen LogP contribution in [0.25, 0.3) is 0 Å².